The number of nitro groups is 1. The van der Waals surface area contributed by atoms with E-state index in [-0.39, 0.29) is 16.7 Å². The number of nitro benzene ring substituents is 1. The van der Waals surface area contributed by atoms with E-state index in [1.54, 1.807) is 16.8 Å². The maximum Gasteiger partial charge on any atom is 0.269 e. The van der Waals surface area contributed by atoms with Gasteiger partial charge in [0.25, 0.3) is 5.69 Å². The first-order valence-corrected chi connectivity index (χ1v) is 12.8. The average molecular weight is 510 g/mol. The van der Waals surface area contributed by atoms with Crippen molar-refractivity contribution in [3.63, 3.8) is 0 Å². The molecule has 5 rings (SSSR count). The van der Waals surface area contributed by atoms with Crippen molar-refractivity contribution in [1.29, 1.82) is 0 Å². The number of aryl methyl sites for hydroxylation is 2. The molecule has 0 unspecified atom stereocenters. The minimum Gasteiger partial charge on any atom is -0.297 e. The summed E-state index contributed by atoms with van der Waals surface area (Å²) in [5.41, 5.74) is 5.11. The molecule has 3 aromatic carbocycles. The standard InChI is InChI=1S/C29H31N7O2/c1-22-9-6-10-23(2)27(22)35-29(30-31-32-35)28(25-14-7-15-26(21-25)36(37)38)34-19-17-33(18-20-34)16-8-13-24-11-4-3-5-12-24/h3-15,21,28H,16-20H2,1-2H3/t28-/m1/s1. The molecule has 0 aliphatic carbocycles. The lowest BCUT2D eigenvalue weighted by atomic mass is 10.0. The Bertz CT molecular complexity index is 1410. The Balaban J connectivity index is 1.43. The van der Waals surface area contributed by atoms with Gasteiger partial charge in [0, 0.05) is 44.9 Å². The highest BCUT2D eigenvalue weighted by Crippen LogP contribution is 2.32. The quantitative estimate of drug-likeness (QED) is 0.253. The van der Waals surface area contributed by atoms with Crippen LogP contribution in [0, 0.1) is 24.0 Å². The number of non-ortho nitro benzene ring substituents is 1. The van der Waals surface area contributed by atoms with E-state index in [1.807, 2.05) is 56.3 Å². The maximum absolute atomic E-state index is 11.6. The lowest BCUT2D eigenvalue weighted by Crippen LogP contribution is -2.48. The number of piperazine rings is 1. The van der Waals surface area contributed by atoms with E-state index in [0.29, 0.717) is 5.82 Å². The molecule has 2 heterocycles. The molecule has 0 N–H and O–H groups in total. The molecule has 1 aliphatic rings. The van der Waals surface area contributed by atoms with Gasteiger partial charge in [-0.15, -0.1) is 5.10 Å². The normalized spacial score (nSPS) is 15.6. The Morgan fingerprint density at radius 3 is 2.37 bits per heavy atom. The number of hydrogen-bond acceptors (Lipinski definition) is 7. The van der Waals surface area contributed by atoms with Gasteiger partial charge in [0.1, 0.15) is 0 Å². The SMILES string of the molecule is Cc1cccc(C)c1-n1nnnc1[C@@H](c1cccc([N+](=O)[O-])c1)N1CCN(CC=Cc2ccccc2)CC1. The molecule has 0 bridgehead atoms. The fourth-order valence-corrected chi connectivity index (χ4v) is 5.10. The number of rotatable bonds is 8. The van der Waals surface area contributed by atoms with Gasteiger partial charge in [-0.1, -0.05) is 72.8 Å². The van der Waals surface area contributed by atoms with Crippen LogP contribution in [0.25, 0.3) is 11.8 Å². The lowest BCUT2D eigenvalue weighted by molar-refractivity contribution is -0.384. The molecule has 4 aromatic rings. The molecule has 0 saturated carbocycles. The maximum atomic E-state index is 11.6. The summed E-state index contributed by atoms with van der Waals surface area (Å²) in [4.78, 5) is 16.0. The van der Waals surface area contributed by atoms with Gasteiger partial charge in [-0.2, -0.15) is 4.68 Å². The second-order valence-corrected chi connectivity index (χ2v) is 9.59. The highest BCUT2D eigenvalue weighted by molar-refractivity contribution is 5.49. The molecule has 1 saturated heterocycles. The van der Waals surface area contributed by atoms with E-state index >= 15 is 0 Å². The molecule has 1 atom stereocenters. The molecule has 0 spiro atoms. The summed E-state index contributed by atoms with van der Waals surface area (Å²) in [6.45, 7) is 8.25. The van der Waals surface area contributed by atoms with Crippen molar-refractivity contribution < 1.29 is 4.92 Å². The van der Waals surface area contributed by atoms with E-state index in [4.69, 9.17) is 0 Å². The van der Waals surface area contributed by atoms with Crippen LogP contribution in [0.15, 0.2) is 78.9 Å². The molecule has 9 nitrogen and oxygen atoms in total. The summed E-state index contributed by atoms with van der Waals surface area (Å²) < 4.78 is 1.79. The van der Waals surface area contributed by atoms with Crippen LogP contribution in [0.1, 0.15) is 34.1 Å². The number of benzene rings is 3. The van der Waals surface area contributed by atoms with Crippen molar-refractivity contribution in [3.8, 4) is 5.69 Å². The van der Waals surface area contributed by atoms with Gasteiger partial charge in [0.05, 0.1) is 16.7 Å². The van der Waals surface area contributed by atoms with Crippen LogP contribution in [-0.2, 0) is 0 Å². The molecule has 1 fully saturated rings. The van der Waals surface area contributed by atoms with Crippen molar-refractivity contribution in [2.75, 3.05) is 32.7 Å². The molecular formula is C29H31N7O2. The third-order valence-electron chi connectivity index (χ3n) is 7.03. The Morgan fingerprint density at radius 1 is 0.947 bits per heavy atom. The molecule has 1 aromatic heterocycles. The molecule has 1 aliphatic heterocycles. The van der Waals surface area contributed by atoms with Gasteiger partial charge in [-0.3, -0.25) is 19.9 Å². The van der Waals surface area contributed by atoms with Crippen molar-refractivity contribution in [2.24, 2.45) is 0 Å². The predicted octanol–water partition coefficient (Wildman–Crippen LogP) is 4.61. The number of tetrazole rings is 1. The predicted molar refractivity (Wildman–Crippen MR) is 147 cm³/mol. The topological polar surface area (TPSA) is 93.2 Å². The zero-order chi connectivity index (χ0) is 26.5. The first-order valence-electron chi connectivity index (χ1n) is 12.8. The largest absolute Gasteiger partial charge is 0.297 e. The van der Waals surface area contributed by atoms with Crippen LogP contribution in [0.5, 0.6) is 0 Å². The summed E-state index contributed by atoms with van der Waals surface area (Å²) in [7, 11) is 0. The van der Waals surface area contributed by atoms with Gasteiger partial charge < -0.3 is 0 Å². The van der Waals surface area contributed by atoms with Gasteiger partial charge in [0.2, 0.25) is 0 Å². The van der Waals surface area contributed by atoms with Crippen molar-refractivity contribution in [3.05, 3.63) is 117 Å². The van der Waals surface area contributed by atoms with E-state index in [0.717, 1.165) is 55.1 Å². The van der Waals surface area contributed by atoms with Crippen LogP contribution in [0.3, 0.4) is 0 Å². The first kappa shape index (κ1) is 25.4. The third-order valence-corrected chi connectivity index (χ3v) is 7.03. The van der Waals surface area contributed by atoms with Gasteiger partial charge in [-0.05, 0) is 46.5 Å². The second-order valence-electron chi connectivity index (χ2n) is 9.59. The first-order chi connectivity index (χ1) is 18.5. The van der Waals surface area contributed by atoms with Gasteiger partial charge >= 0.3 is 0 Å². The highest BCUT2D eigenvalue weighted by atomic mass is 16.6. The molecule has 9 heteroatoms. The molecule has 194 valence electrons. The highest BCUT2D eigenvalue weighted by Gasteiger charge is 2.32. The van der Waals surface area contributed by atoms with E-state index in [1.165, 1.54) is 11.6 Å². The Labute approximate surface area is 222 Å². The molecule has 0 radical (unpaired) electrons. The Kier molecular flexibility index (Phi) is 7.67. The third kappa shape index (κ3) is 5.53. The van der Waals surface area contributed by atoms with Crippen molar-refractivity contribution in [2.45, 2.75) is 19.9 Å². The molecule has 0 amide bonds. The Morgan fingerprint density at radius 2 is 1.66 bits per heavy atom. The number of hydrogen-bond donors (Lipinski definition) is 0. The van der Waals surface area contributed by atoms with Crippen LogP contribution >= 0.6 is 0 Å². The Hall–Kier alpha value is -4.21. The summed E-state index contributed by atoms with van der Waals surface area (Å²) in [6, 6.07) is 22.9. The summed E-state index contributed by atoms with van der Waals surface area (Å²) >= 11 is 0. The minimum absolute atomic E-state index is 0.0586. The van der Waals surface area contributed by atoms with Crippen LogP contribution < -0.4 is 0 Å². The number of nitrogens with zero attached hydrogens (tertiary/aromatic N) is 7. The van der Waals surface area contributed by atoms with Crippen LogP contribution in [0.4, 0.5) is 5.69 Å². The smallest absolute Gasteiger partial charge is 0.269 e. The zero-order valence-electron chi connectivity index (χ0n) is 21.6. The average Bonchev–Trinajstić information content (AvgIpc) is 3.39. The number of para-hydroxylation sites is 1. The van der Waals surface area contributed by atoms with Crippen LogP contribution in [-0.4, -0.2) is 67.7 Å². The second kappa shape index (κ2) is 11.5. The number of aromatic nitrogens is 4. The zero-order valence-corrected chi connectivity index (χ0v) is 21.6. The van der Waals surface area contributed by atoms with Gasteiger partial charge in [0.15, 0.2) is 5.82 Å². The summed E-state index contributed by atoms with van der Waals surface area (Å²) in [5, 5.41) is 24.5. The monoisotopic (exact) mass is 509 g/mol. The fourth-order valence-electron chi connectivity index (χ4n) is 5.10. The van der Waals surface area contributed by atoms with Gasteiger partial charge in [-0.25, -0.2) is 0 Å². The molecular weight excluding hydrogens is 478 g/mol. The van der Waals surface area contributed by atoms with E-state index < -0.39 is 0 Å². The summed E-state index contributed by atoms with van der Waals surface area (Å²) in [6.07, 6.45) is 4.35. The minimum atomic E-state index is -0.355. The van der Waals surface area contributed by atoms with Crippen LogP contribution in [0.2, 0.25) is 0 Å². The fraction of sp³-hybridized carbons (Fsp3) is 0.276. The lowest BCUT2D eigenvalue weighted by Gasteiger charge is -2.38. The van der Waals surface area contributed by atoms with E-state index in [9.17, 15) is 10.1 Å². The van der Waals surface area contributed by atoms with Crippen molar-refractivity contribution >= 4 is 11.8 Å². The van der Waals surface area contributed by atoms with Crippen molar-refractivity contribution in [1.82, 2.24) is 30.0 Å². The molecule has 38 heavy (non-hydrogen) atoms. The summed E-state index contributed by atoms with van der Waals surface area (Å²) in [5.74, 6) is 0.653. The van der Waals surface area contributed by atoms with E-state index in [2.05, 4.69) is 49.6 Å².